The molecule has 1 heterocycles. The number of rotatable bonds is 4. The van der Waals surface area contributed by atoms with Gasteiger partial charge in [-0.15, -0.1) is 12.4 Å². The lowest BCUT2D eigenvalue weighted by Gasteiger charge is -2.25. The van der Waals surface area contributed by atoms with Crippen LogP contribution in [0.3, 0.4) is 0 Å². The molecule has 0 atom stereocenters. The SMILES string of the molecule is Cc1ccc(C(=O)NC(C)(C)CCN)c(C)n1.Cl. The summed E-state index contributed by atoms with van der Waals surface area (Å²) in [5.41, 5.74) is 7.52. The van der Waals surface area contributed by atoms with Gasteiger partial charge < -0.3 is 11.1 Å². The molecule has 0 aliphatic carbocycles. The summed E-state index contributed by atoms with van der Waals surface area (Å²) in [5, 5.41) is 2.97. The van der Waals surface area contributed by atoms with Crippen molar-refractivity contribution in [2.24, 2.45) is 5.73 Å². The Morgan fingerprint density at radius 2 is 2.00 bits per heavy atom. The summed E-state index contributed by atoms with van der Waals surface area (Å²) in [6.07, 6.45) is 0.747. The lowest BCUT2D eigenvalue weighted by Crippen LogP contribution is -2.45. The van der Waals surface area contributed by atoms with E-state index in [1.165, 1.54) is 0 Å². The predicted molar refractivity (Wildman–Crippen MR) is 76.2 cm³/mol. The minimum absolute atomic E-state index is 0. The standard InChI is InChI=1S/C13H21N3O.ClH/c1-9-5-6-11(10(2)15-9)12(17)16-13(3,4)7-8-14;/h5-6H,7-8,14H2,1-4H3,(H,16,17);1H. The summed E-state index contributed by atoms with van der Waals surface area (Å²) in [6.45, 7) is 8.24. The van der Waals surface area contributed by atoms with Crippen LogP contribution in [0.2, 0.25) is 0 Å². The number of aromatic nitrogens is 1. The molecule has 0 spiro atoms. The molecule has 0 unspecified atom stereocenters. The summed E-state index contributed by atoms with van der Waals surface area (Å²) in [7, 11) is 0. The Kier molecular flexibility index (Phi) is 6.29. The van der Waals surface area contributed by atoms with Gasteiger partial charge in [0.2, 0.25) is 0 Å². The molecule has 1 aromatic rings. The van der Waals surface area contributed by atoms with Crippen molar-refractivity contribution in [3.63, 3.8) is 0 Å². The lowest BCUT2D eigenvalue weighted by atomic mass is 10.00. The molecule has 1 amide bonds. The van der Waals surface area contributed by atoms with Crippen molar-refractivity contribution >= 4 is 18.3 Å². The van der Waals surface area contributed by atoms with Gasteiger partial charge in [-0.25, -0.2) is 0 Å². The van der Waals surface area contributed by atoms with Crippen LogP contribution < -0.4 is 11.1 Å². The Hall–Kier alpha value is -1.13. The Morgan fingerprint density at radius 1 is 1.39 bits per heavy atom. The zero-order chi connectivity index (χ0) is 13.1. The number of amides is 1. The Morgan fingerprint density at radius 3 is 2.50 bits per heavy atom. The van der Waals surface area contributed by atoms with Crippen molar-refractivity contribution in [3.8, 4) is 0 Å². The Bertz CT molecular complexity index is 419. The van der Waals surface area contributed by atoms with E-state index in [1.807, 2.05) is 39.8 Å². The normalized spacial score (nSPS) is 10.7. The van der Waals surface area contributed by atoms with Crippen LogP contribution in [0.1, 0.15) is 42.0 Å². The molecular formula is C13H22ClN3O. The highest BCUT2D eigenvalue weighted by molar-refractivity contribution is 5.95. The van der Waals surface area contributed by atoms with Crippen LogP contribution in [0, 0.1) is 13.8 Å². The number of aryl methyl sites for hydroxylation is 2. The van der Waals surface area contributed by atoms with E-state index >= 15 is 0 Å². The molecule has 0 aromatic carbocycles. The molecule has 0 fully saturated rings. The molecule has 102 valence electrons. The average Bonchev–Trinajstić information content (AvgIpc) is 2.15. The second-order valence-electron chi connectivity index (χ2n) is 4.96. The van der Waals surface area contributed by atoms with Crippen LogP contribution in [0.5, 0.6) is 0 Å². The molecule has 1 aromatic heterocycles. The van der Waals surface area contributed by atoms with Crippen molar-refractivity contribution in [1.29, 1.82) is 0 Å². The third-order valence-electron chi connectivity index (χ3n) is 2.69. The third-order valence-corrected chi connectivity index (χ3v) is 2.69. The fraction of sp³-hybridized carbons (Fsp3) is 0.538. The summed E-state index contributed by atoms with van der Waals surface area (Å²) in [6, 6.07) is 3.66. The maximum absolute atomic E-state index is 12.1. The largest absolute Gasteiger partial charge is 0.347 e. The highest BCUT2D eigenvalue weighted by Crippen LogP contribution is 2.11. The molecule has 0 aliphatic rings. The Balaban J connectivity index is 0.00000289. The second kappa shape index (κ2) is 6.71. The lowest BCUT2D eigenvalue weighted by molar-refractivity contribution is 0.0909. The van der Waals surface area contributed by atoms with Gasteiger partial charge in [0.25, 0.3) is 5.91 Å². The van der Waals surface area contributed by atoms with E-state index in [9.17, 15) is 4.79 Å². The quantitative estimate of drug-likeness (QED) is 0.880. The first-order valence-electron chi connectivity index (χ1n) is 5.82. The number of pyridine rings is 1. The highest BCUT2D eigenvalue weighted by Gasteiger charge is 2.21. The second-order valence-corrected chi connectivity index (χ2v) is 4.96. The summed E-state index contributed by atoms with van der Waals surface area (Å²) >= 11 is 0. The van der Waals surface area contributed by atoms with E-state index in [2.05, 4.69) is 10.3 Å². The molecule has 0 aliphatic heterocycles. The zero-order valence-corrected chi connectivity index (χ0v) is 12.2. The van der Waals surface area contributed by atoms with E-state index < -0.39 is 0 Å². The topological polar surface area (TPSA) is 68.0 Å². The predicted octanol–water partition coefficient (Wildman–Crippen LogP) is 1.98. The van der Waals surface area contributed by atoms with Crippen LogP contribution >= 0.6 is 12.4 Å². The van der Waals surface area contributed by atoms with Crippen LogP contribution in [-0.2, 0) is 0 Å². The number of nitrogens with one attached hydrogen (secondary N) is 1. The van der Waals surface area contributed by atoms with Gasteiger partial charge in [-0.2, -0.15) is 0 Å². The number of carbonyl (C=O) groups is 1. The van der Waals surface area contributed by atoms with E-state index in [4.69, 9.17) is 5.73 Å². The first kappa shape index (κ1) is 16.9. The van der Waals surface area contributed by atoms with Crippen molar-refractivity contribution in [2.45, 2.75) is 39.7 Å². The number of hydrogen-bond donors (Lipinski definition) is 2. The monoisotopic (exact) mass is 271 g/mol. The maximum Gasteiger partial charge on any atom is 0.253 e. The molecule has 0 saturated heterocycles. The van der Waals surface area contributed by atoms with Gasteiger partial charge in [0, 0.05) is 11.2 Å². The van der Waals surface area contributed by atoms with Gasteiger partial charge in [-0.1, -0.05) is 0 Å². The van der Waals surface area contributed by atoms with Gasteiger partial charge >= 0.3 is 0 Å². The molecule has 5 heteroatoms. The van der Waals surface area contributed by atoms with Gasteiger partial charge in [0.15, 0.2) is 0 Å². The van der Waals surface area contributed by atoms with E-state index in [0.717, 1.165) is 17.8 Å². The zero-order valence-electron chi connectivity index (χ0n) is 11.4. The van der Waals surface area contributed by atoms with Gasteiger partial charge in [0.05, 0.1) is 11.3 Å². The smallest absolute Gasteiger partial charge is 0.253 e. The van der Waals surface area contributed by atoms with Crippen LogP contribution in [0.15, 0.2) is 12.1 Å². The van der Waals surface area contributed by atoms with Crippen molar-refractivity contribution in [1.82, 2.24) is 10.3 Å². The third kappa shape index (κ3) is 4.63. The van der Waals surface area contributed by atoms with Gasteiger partial charge in [0.1, 0.15) is 0 Å². The first-order valence-corrected chi connectivity index (χ1v) is 5.82. The number of nitrogens with zero attached hydrogens (tertiary/aromatic N) is 1. The molecule has 0 saturated carbocycles. The van der Waals surface area contributed by atoms with Crippen molar-refractivity contribution in [2.75, 3.05) is 6.54 Å². The summed E-state index contributed by atoms with van der Waals surface area (Å²) in [4.78, 5) is 16.4. The molecule has 0 bridgehead atoms. The maximum atomic E-state index is 12.1. The van der Waals surface area contributed by atoms with Crippen molar-refractivity contribution < 1.29 is 4.79 Å². The molecule has 4 nitrogen and oxygen atoms in total. The van der Waals surface area contributed by atoms with Crippen LogP contribution in [-0.4, -0.2) is 23.0 Å². The summed E-state index contributed by atoms with van der Waals surface area (Å²) in [5.74, 6) is -0.0894. The van der Waals surface area contributed by atoms with Crippen LogP contribution in [0.4, 0.5) is 0 Å². The van der Waals surface area contributed by atoms with Crippen LogP contribution in [0.25, 0.3) is 0 Å². The van der Waals surface area contributed by atoms with E-state index in [1.54, 1.807) is 0 Å². The number of nitrogens with two attached hydrogens (primary N) is 1. The van der Waals surface area contributed by atoms with Gasteiger partial charge in [-0.05, 0) is 52.8 Å². The van der Waals surface area contributed by atoms with Gasteiger partial charge in [-0.3, -0.25) is 9.78 Å². The van der Waals surface area contributed by atoms with E-state index in [-0.39, 0.29) is 23.9 Å². The molecular weight excluding hydrogens is 250 g/mol. The molecule has 0 radical (unpaired) electrons. The fourth-order valence-electron chi connectivity index (χ4n) is 1.72. The molecule has 1 rings (SSSR count). The number of carbonyl (C=O) groups excluding carboxylic acids is 1. The van der Waals surface area contributed by atoms with E-state index in [0.29, 0.717) is 12.1 Å². The highest BCUT2D eigenvalue weighted by atomic mass is 35.5. The fourth-order valence-corrected chi connectivity index (χ4v) is 1.72. The summed E-state index contributed by atoms with van der Waals surface area (Å²) < 4.78 is 0. The minimum Gasteiger partial charge on any atom is -0.347 e. The first-order chi connectivity index (χ1) is 7.85. The molecule has 3 N–H and O–H groups in total. The average molecular weight is 272 g/mol. The number of halogens is 1. The van der Waals surface area contributed by atoms with Crippen molar-refractivity contribution in [3.05, 3.63) is 29.1 Å². The molecule has 18 heavy (non-hydrogen) atoms. The Labute approximate surface area is 115 Å². The number of hydrogen-bond acceptors (Lipinski definition) is 3. The minimum atomic E-state index is -0.289.